The standard InChI is InChI=1S/C28H32N2O5/c1-5-33-25-17-22(11-12-24(25)35-14-13-34-23-9-7-6-8-10-23)28(32)29-18-26(31)30-27-20(3)15-19(2)16-21(27)4/h6-12,15-17H,5,13-14,18H2,1-4H3,(H,29,32)(H,30,31). The second-order valence-electron chi connectivity index (χ2n) is 8.11. The second-order valence-corrected chi connectivity index (χ2v) is 8.11. The summed E-state index contributed by atoms with van der Waals surface area (Å²) in [5, 5.41) is 5.54. The maximum absolute atomic E-state index is 12.7. The van der Waals surface area contributed by atoms with Crippen LogP contribution in [-0.4, -0.2) is 38.2 Å². The molecule has 0 radical (unpaired) electrons. The minimum absolute atomic E-state index is 0.148. The van der Waals surface area contributed by atoms with Crippen LogP contribution in [0.5, 0.6) is 17.2 Å². The number of ether oxygens (including phenoxy) is 3. The number of anilines is 1. The summed E-state index contributed by atoms with van der Waals surface area (Å²) < 4.78 is 17.1. The number of hydrogen-bond acceptors (Lipinski definition) is 5. The highest BCUT2D eigenvalue weighted by Crippen LogP contribution is 2.28. The molecule has 0 aliphatic carbocycles. The molecule has 0 aliphatic rings. The highest BCUT2D eigenvalue weighted by atomic mass is 16.5. The lowest BCUT2D eigenvalue weighted by atomic mass is 10.1. The van der Waals surface area contributed by atoms with Gasteiger partial charge in [-0.15, -0.1) is 0 Å². The molecule has 7 heteroatoms. The molecular weight excluding hydrogens is 444 g/mol. The molecule has 3 aromatic carbocycles. The molecule has 0 unspecified atom stereocenters. The summed E-state index contributed by atoms with van der Waals surface area (Å²) in [6, 6.07) is 18.4. The number of hydrogen-bond donors (Lipinski definition) is 2. The van der Waals surface area contributed by atoms with Gasteiger partial charge in [-0.05, 0) is 69.2 Å². The molecule has 0 fully saturated rings. The normalized spacial score (nSPS) is 10.4. The van der Waals surface area contributed by atoms with Crippen molar-refractivity contribution in [1.29, 1.82) is 0 Å². The van der Waals surface area contributed by atoms with Gasteiger partial charge in [-0.25, -0.2) is 0 Å². The van der Waals surface area contributed by atoms with Crippen LogP contribution < -0.4 is 24.8 Å². The lowest BCUT2D eigenvalue weighted by molar-refractivity contribution is -0.115. The zero-order chi connectivity index (χ0) is 25.2. The van der Waals surface area contributed by atoms with Crippen molar-refractivity contribution >= 4 is 17.5 Å². The van der Waals surface area contributed by atoms with Gasteiger partial charge in [0.1, 0.15) is 19.0 Å². The van der Waals surface area contributed by atoms with E-state index in [1.54, 1.807) is 18.2 Å². The van der Waals surface area contributed by atoms with Gasteiger partial charge in [0.15, 0.2) is 11.5 Å². The summed E-state index contributed by atoms with van der Waals surface area (Å²) in [5.41, 5.74) is 4.23. The fourth-order valence-electron chi connectivity index (χ4n) is 3.69. The maximum atomic E-state index is 12.7. The zero-order valence-electron chi connectivity index (χ0n) is 20.6. The molecule has 0 atom stereocenters. The quantitative estimate of drug-likeness (QED) is 0.387. The van der Waals surface area contributed by atoms with Gasteiger partial charge in [-0.3, -0.25) is 9.59 Å². The van der Waals surface area contributed by atoms with Crippen molar-refractivity contribution in [2.75, 3.05) is 31.7 Å². The van der Waals surface area contributed by atoms with Crippen LogP contribution in [0.15, 0.2) is 60.7 Å². The Kier molecular flexibility index (Phi) is 9.12. The van der Waals surface area contributed by atoms with Gasteiger partial charge in [-0.2, -0.15) is 0 Å². The van der Waals surface area contributed by atoms with Crippen LogP contribution in [0, 0.1) is 20.8 Å². The zero-order valence-corrected chi connectivity index (χ0v) is 20.6. The van der Waals surface area contributed by atoms with Gasteiger partial charge < -0.3 is 24.8 Å². The summed E-state index contributed by atoms with van der Waals surface area (Å²) in [6.45, 7) is 8.71. The van der Waals surface area contributed by atoms with E-state index in [1.807, 2.05) is 70.2 Å². The molecule has 0 aromatic heterocycles. The molecule has 35 heavy (non-hydrogen) atoms. The molecule has 0 aliphatic heterocycles. The highest BCUT2D eigenvalue weighted by Gasteiger charge is 2.14. The predicted molar refractivity (Wildman–Crippen MR) is 137 cm³/mol. The monoisotopic (exact) mass is 476 g/mol. The van der Waals surface area contributed by atoms with Crippen LogP contribution in [0.3, 0.4) is 0 Å². The predicted octanol–water partition coefficient (Wildman–Crippen LogP) is 4.84. The van der Waals surface area contributed by atoms with Crippen LogP contribution in [0.25, 0.3) is 0 Å². The maximum Gasteiger partial charge on any atom is 0.251 e. The third-order valence-electron chi connectivity index (χ3n) is 5.21. The average Bonchev–Trinajstić information content (AvgIpc) is 2.84. The molecule has 0 spiro atoms. The van der Waals surface area contributed by atoms with Gasteiger partial charge in [-0.1, -0.05) is 35.9 Å². The summed E-state index contributed by atoms with van der Waals surface area (Å²) in [4.78, 5) is 25.1. The molecule has 0 heterocycles. The Morgan fingerprint density at radius 1 is 0.800 bits per heavy atom. The Bertz CT molecular complexity index is 1140. The molecule has 184 valence electrons. The van der Waals surface area contributed by atoms with Gasteiger partial charge in [0.25, 0.3) is 5.91 Å². The molecule has 0 saturated heterocycles. The first kappa shape index (κ1) is 25.6. The van der Waals surface area contributed by atoms with Crippen molar-refractivity contribution in [2.24, 2.45) is 0 Å². The van der Waals surface area contributed by atoms with Crippen LogP contribution in [0.1, 0.15) is 34.0 Å². The lowest BCUT2D eigenvalue weighted by Crippen LogP contribution is -2.33. The van der Waals surface area contributed by atoms with E-state index in [0.29, 0.717) is 36.9 Å². The van der Waals surface area contributed by atoms with E-state index >= 15 is 0 Å². The molecular formula is C28H32N2O5. The van der Waals surface area contributed by atoms with Gasteiger partial charge in [0.05, 0.1) is 13.2 Å². The van der Waals surface area contributed by atoms with Crippen molar-refractivity contribution in [3.8, 4) is 17.2 Å². The Balaban J connectivity index is 1.55. The molecule has 7 nitrogen and oxygen atoms in total. The average molecular weight is 477 g/mol. The largest absolute Gasteiger partial charge is 0.490 e. The number of amides is 2. The van der Waals surface area contributed by atoms with Gasteiger partial charge >= 0.3 is 0 Å². The lowest BCUT2D eigenvalue weighted by Gasteiger charge is -2.15. The minimum Gasteiger partial charge on any atom is -0.490 e. The summed E-state index contributed by atoms with van der Waals surface area (Å²) in [5.74, 6) is 1.07. The van der Waals surface area contributed by atoms with E-state index in [9.17, 15) is 9.59 Å². The molecule has 0 bridgehead atoms. The Morgan fingerprint density at radius 2 is 1.49 bits per heavy atom. The molecule has 3 aromatic rings. The van der Waals surface area contributed by atoms with E-state index in [2.05, 4.69) is 10.6 Å². The van der Waals surface area contributed by atoms with Crippen LogP contribution in [0.2, 0.25) is 0 Å². The fraction of sp³-hybridized carbons (Fsp3) is 0.286. The number of aryl methyl sites for hydroxylation is 3. The van der Waals surface area contributed by atoms with Crippen molar-refractivity contribution < 1.29 is 23.8 Å². The molecule has 0 saturated carbocycles. The number of benzene rings is 3. The van der Waals surface area contributed by atoms with Crippen molar-refractivity contribution in [3.05, 3.63) is 82.9 Å². The summed E-state index contributed by atoms with van der Waals surface area (Å²) in [6.07, 6.45) is 0. The third-order valence-corrected chi connectivity index (χ3v) is 5.21. The molecule has 3 rings (SSSR count). The second kappa shape index (κ2) is 12.5. The van der Waals surface area contributed by atoms with E-state index in [1.165, 1.54) is 0 Å². The Labute approximate surface area is 206 Å². The SMILES string of the molecule is CCOc1cc(C(=O)NCC(=O)Nc2c(C)cc(C)cc2C)ccc1OCCOc1ccccc1. The van der Waals surface area contributed by atoms with E-state index in [-0.39, 0.29) is 18.4 Å². The number of nitrogens with one attached hydrogen (secondary N) is 2. The topological polar surface area (TPSA) is 85.9 Å². The first-order valence-electron chi connectivity index (χ1n) is 11.6. The number of rotatable bonds is 11. The van der Waals surface area contributed by atoms with E-state index in [4.69, 9.17) is 14.2 Å². The highest BCUT2D eigenvalue weighted by molar-refractivity contribution is 6.00. The fourth-order valence-corrected chi connectivity index (χ4v) is 3.69. The summed E-state index contributed by atoms with van der Waals surface area (Å²) >= 11 is 0. The van der Waals surface area contributed by atoms with Crippen LogP contribution in [-0.2, 0) is 4.79 Å². The first-order chi connectivity index (χ1) is 16.9. The molecule has 2 N–H and O–H groups in total. The first-order valence-corrected chi connectivity index (χ1v) is 11.6. The summed E-state index contributed by atoms with van der Waals surface area (Å²) in [7, 11) is 0. The Morgan fingerprint density at radius 3 is 2.17 bits per heavy atom. The molecule has 2 amide bonds. The number of carbonyl (C=O) groups is 2. The van der Waals surface area contributed by atoms with Crippen LogP contribution in [0.4, 0.5) is 5.69 Å². The van der Waals surface area contributed by atoms with E-state index < -0.39 is 0 Å². The Hall–Kier alpha value is -4.00. The minimum atomic E-state index is -0.377. The van der Waals surface area contributed by atoms with Crippen molar-refractivity contribution in [2.45, 2.75) is 27.7 Å². The van der Waals surface area contributed by atoms with Crippen LogP contribution >= 0.6 is 0 Å². The van der Waals surface area contributed by atoms with Crippen molar-refractivity contribution in [1.82, 2.24) is 5.32 Å². The number of carbonyl (C=O) groups excluding carboxylic acids is 2. The van der Waals surface area contributed by atoms with E-state index in [0.717, 1.165) is 28.1 Å². The number of para-hydroxylation sites is 1. The van der Waals surface area contributed by atoms with Crippen molar-refractivity contribution in [3.63, 3.8) is 0 Å². The van der Waals surface area contributed by atoms with Gasteiger partial charge in [0.2, 0.25) is 5.91 Å². The van der Waals surface area contributed by atoms with Gasteiger partial charge in [0, 0.05) is 11.3 Å². The smallest absolute Gasteiger partial charge is 0.251 e. The third kappa shape index (κ3) is 7.50.